The summed E-state index contributed by atoms with van der Waals surface area (Å²) in [6.45, 7) is 2.62. The number of hydrogen-bond acceptors (Lipinski definition) is 2. The van der Waals surface area contributed by atoms with Crippen molar-refractivity contribution < 1.29 is 4.79 Å². The van der Waals surface area contributed by atoms with Crippen molar-refractivity contribution in [1.82, 2.24) is 10.2 Å². The molecule has 1 saturated carbocycles. The molecular formula is C13H16ClIN2O. The molecule has 18 heavy (non-hydrogen) atoms. The SMILES string of the molecule is Cl.O=C(c1ccccc1I)N1CCNC2(CC2)C1. The van der Waals surface area contributed by atoms with Crippen molar-refractivity contribution in [3.05, 3.63) is 33.4 Å². The molecule has 1 amide bonds. The van der Waals surface area contributed by atoms with Gasteiger partial charge in [0, 0.05) is 28.7 Å². The number of rotatable bonds is 1. The maximum Gasteiger partial charge on any atom is 0.255 e. The van der Waals surface area contributed by atoms with Gasteiger partial charge in [0.2, 0.25) is 0 Å². The molecule has 2 fully saturated rings. The van der Waals surface area contributed by atoms with Crippen LogP contribution in [0.4, 0.5) is 0 Å². The fourth-order valence-corrected chi connectivity index (χ4v) is 3.04. The smallest absolute Gasteiger partial charge is 0.255 e. The van der Waals surface area contributed by atoms with Crippen LogP contribution in [0.2, 0.25) is 0 Å². The van der Waals surface area contributed by atoms with Gasteiger partial charge in [-0.1, -0.05) is 12.1 Å². The largest absolute Gasteiger partial charge is 0.335 e. The normalized spacial score (nSPS) is 20.4. The molecule has 0 radical (unpaired) electrons. The maximum atomic E-state index is 12.4. The van der Waals surface area contributed by atoms with Crippen molar-refractivity contribution in [2.24, 2.45) is 0 Å². The van der Waals surface area contributed by atoms with Gasteiger partial charge in [-0.3, -0.25) is 4.79 Å². The number of piperazine rings is 1. The van der Waals surface area contributed by atoms with E-state index in [9.17, 15) is 4.79 Å². The van der Waals surface area contributed by atoms with Crippen molar-refractivity contribution in [1.29, 1.82) is 0 Å². The average molecular weight is 379 g/mol. The summed E-state index contributed by atoms with van der Waals surface area (Å²) >= 11 is 2.23. The summed E-state index contributed by atoms with van der Waals surface area (Å²) in [6, 6.07) is 7.82. The second-order valence-corrected chi connectivity index (χ2v) is 6.08. The molecule has 1 aromatic rings. The molecule has 0 aromatic heterocycles. The third-order valence-corrected chi connectivity index (χ3v) is 4.56. The van der Waals surface area contributed by atoms with Gasteiger partial charge < -0.3 is 10.2 Å². The minimum absolute atomic E-state index is 0. The summed E-state index contributed by atoms with van der Waals surface area (Å²) in [4.78, 5) is 14.4. The Morgan fingerprint density at radius 2 is 2.06 bits per heavy atom. The minimum Gasteiger partial charge on any atom is -0.335 e. The van der Waals surface area contributed by atoms with E-state index in [4.69, 9.17) is 0 Å². The Morgan fingerprint density at radius 3 is 2.72 bits per heavy atom. The van der Waals surface area contributed by atoms with E-state index < -0.39 is 0 Å². The molecule has 1 heterocycles. The highest BCUT2D eigenvalue weighted by Gasteiger charge is 2.46. The summed E-state index contributed by atoms with van der Waals surface area (Å²) in [6.07, 6.45) is 2.42. The van der Waals surface area contributed by atoms with E-state index in [1.165, 1.54) is 12.8 Å². The first-order valence-electron chi connectivity index (χ1n) is 5.99. The molecule has 1 spiro atoms. The van der Waals surface area contributed by atoms with Crippen molar-refractivity contribution in [2.75, 3.05) is 19.6 Å². The second kappa shape index (κ2) is 5.35. The van der Waals surface area contributed by atoms with Crippen LogP contribution in [0.15, 0.2) is 24.3 Å². The predicted octanol–water partition coefficient (Wildman–Crippen LogP) is 2.29. The Morgan fingerprint density at radius 1 is 1.33 bits per heavy atom. The van der Waals surface area contributed by atoms with Crippen molar-refractivity contribution in [2.45, 2.75) is 18.4 Å². The van der Waals surface area contributed by atoms with E-state index in [-0.39, 0.29) is 23.9 Å². The van der Waals surface area contributed by atoms with Crippen molar-refractivity contribution in [3.63, 3.8) is 0 Å². The Labute approximate surface area is 127 Å². The Hall–Kier alpha value is -0.330. The number of nitrogens with one attached hydrogen (secondary N) is 1. The van der Waals surface area contributed by atoms with Gasteiger partial charge in [0.05, 0.1) is 5.56 Å². The Kier molecular flexibility index (Phi) is 4.18. The lowest BCUT2D eigenvalue weighted by atomic mass is 10.1. The summed E-state index contributed by atoms with van der Waals surface area (Å²) in [5.74, 6) is 0.183. The highest BCUT2D eigenvalue weighted by molar-refractivity contribution is 14.1. The number of benzene rings is 1. The van der Waals surface area contributed by atoms with E-state index >= 15 is 0 Å². The van der Waals surface area contributed by atoms with Crippen LogP contribution in [0.1, 0.15) is 23.2 Å². The van der Waals surface area contributed by atoms with Crippen LogP contribution in [0.3, 0.4) is 0 Å². The second-order valence-electron chi connectivity index (χ2n) is 4.91. The third-order valence-electron chi connectivity index (χ3n) is 3.62. The van der Waals surface area contributed by atoms with Crippen LogP contribution >= 0.6 is 35.0 Å². The van der Waals surface area contributed by atoms with Crippen LogP contribution in [0, 0.1) is 3.57 Å². The van der Waals surface area contributed by atoms with Gasteiger partial charge in [-0.25, -0.2) is 0 Å². The predicted molar refractivity (Wildman–Crippen MR) is 82.3 cm³/mol. The maximum absolute atomic E-state index is 12.4. The molecule has 1 aromatic carbocycles. The number of carbonyl (C=O) groups is 1. The standard InChI is InChI=1S/C13H15IN2O.ClH/c14-11-4-2-1-3-10(11)12(17)16-8-7-15-13(9-16)5-6-13;/h1-4,15H,5-9H2;1H. The van der Waals surface area contributed by atoms with Crippen molar-refractivity contribution in [3.8, 4) is 0 Å². The summed E-state index contributed by atoms with van der Waals surface area (Å²) < 4.78 is 1.04. The van der Waals surface area contributed by atoms with Gasteiger partial charge >= 0.3 is 0 Å². The zero-order chi connectivity index (χ0) is 11.9. The first-order valence-corrected chi connectivity index (χ1v) is 7.07. The van der Waals surface area contributed by atoms with Crippen LogP contribution < -0.4 is 5.32 Å². The van der Waals surface area contributed by atoms with E-state index in [0.717, 1.165) is 28.8 Å². The zero-order valence-corrected chi connectivity index (χ0v) is 13.0. The third kappa shape index (κ3) is 2.65. The number of nitrogens with zero attached hydrogens (tertiary/aromatic N) is 1. The van der Waals surface area contributed by atoms with Gasteiger partial charge in [-0.05, 0) is 47.6 Å². The van der Waals surface area contributed by atoms with Crippen LogP contribution in [0.5, 0.6) is 0 Å². The van der Waals surface area contributed by atoms with E-state index in [1.807, 2.05) is 29.2 Å². The Bertz CT molecular complexity index is 462. The highest BCUT2D eigenvalue weighted by atomic mass is 127. The molecule has 3 nitrogen and oxygen atoms in total. The summed E-state index contributed by atoms with van der Waals surface area (Å²) in [7, 11) is 0. The van der Waals surface area contributed by atoms with Gasteiger partial charge in [0.25, 0.3) is 5.91 Å². The molecule has 0 unspecified atom stereocenters. The number of carbonyl (C=O) groups excluding carboxylic acids is 1. The van der Waals surface area contributed by atoms with E-state index in [2.05, 4.69) is 27.9 Å². The topological polar surface area (TPSA) is 32.3 Å². The molecule has 1 aliphatic heterocycles. The molecule has 98 valence electrons. The lowest BCUT2D eigenvalue weighted by molar-refractivity contribution is 0.0690. The fraction of sp³-hybridized carbons (Fsp3) is 0.462. The first kappa shape index (κ1) is 14.1. The molecule has 1 saturated heterocycles. The van der Waals surface area contributed by atoms with Gasteiger partial charge in [0.15, 0.2) is 0 Å². The van der Waals surface area contributed by atoms with Gasteiger partial charge in [-0.2, -0.15) is 0 Å². The molecular weight excluding hydrogens is 363 g/mol. The lowest BCUT2D eigenvalue weighted by Crippen LogP contribution is -2.54. The van der Waals surface area contributed by atoms with Crippen LogP contribution in [-0.2, 0) is 0 Å². The van der Waals surface area contributed by atoms with Crippen LogP contribution in [-0.4, -0.2) is 36.0 Å². The summed E-state index contributed by atoms with van der Waals surface area (Å²) in [5.41, 5.74) is 1.10. The Balaban J connectivity index is 0.00000120. The summed E-state index contributed by atoms with van der Waals surface area (Å²) in [5, 5.41) is 3.52. The molecule has 0 bridgehead atoms. The molecule has 0 atom stereocenters. The number of hydrogen-bond donors (Lipinski definition) is 1. The first-order chi connectivity index (χ1) is 8.20. The van der Waals surface area contributed by atoms with Gasteiger partial charge in [0.1, 0.15) is 0 Å². The minimum atomic E-state index is 0. The fourth-order valence-electron chi connectivity index (χ4n) is 2.42. The quantitative estimate of drug-likeness (QED) is 0.761. The van der Waals surface area contributed by atoms with Crippen molar-refractivity contribution >= 4 is 40.9 Å². The monoisotopic (exact) mass is 378 g/mol. The highest BCUT2D eigenvalue weighted by Crippen LogP contribution is 2.37. The zero-order valence-electron chi connectivity index (χ0n) is 9.99. The number of halogens is 2. The molecule has 2 aliphatic rings. The van der Waals surface area contributed by atoms with Gasteiger partial charge in [-0.15, -0.1) is 12.4 Å². The number of amides is 1. The molecule has 5 heteroatoms. The van der Waals surface area contributed by atoms with Crippen LogP contribution in [0.25, 0.3) is 0 Å². The molecule has 3 rings (SSSR count). The molecule has 1 aliphatic carbocycles. The van der Waals surface area contributed by atoms with E-state index in [0.29, 0.717) is 0 Å². The lowest BCUT2D eigenvalue weighted by Gasteiger charge is -2.34. The van der Waals surface area contributed by atoms with E-state index in [1.54, 1.807) is 0 Å². The molecule has 1 N–H and O–H groups in total. The average Bonchev–Trinajstić information content (AvgIpc) is 3.08.